The number of hydrogen-bond acceptors (Lipinski definition) is 4. The SMILES string of the molecule is CC(C)n1cnc(C2CN(Cc3cnn(C(C)C)c3)CC23CCN(CC2CC2)C3=O)c1. The summed E-state index contributed by atoms with van der Waals surface area (Å²) in [6.45, 7) is 13.0. The minimum Gasteiger partial charge on any atom is -0.342 e. The minimum atomic E-state index is -0.334. The molecule has 1 amide bonds. The maximum absolute atomic E-state index is 13.8. The van der Waals surface area contributed by atoms with Gasteiger partial charge in [-0.15, -0.1) is 0 Å². The molecule has 4 heterocycles. The molecule has 3 aliphatic rings. The van der Waals surface area contributed by atoms with Crippen LogP contribution in [0.1, 0.15) is 76.2 Å². The van der Waals surface area contributed by atoms with Crippen molar-refractivity contribution in [2.75, 3.05) is 26.2 Å². The third-order valence-electron chi connectivity index (χ3n) is 7.50. The zero-order chi connectivity index (χ0) is 21.8. The van der Waals surface area contributed by atoms with Crippen molar-refractivity contribution >= 4 is 5.91 Å². The van der Waals surface area contributed by atoms with Gasteiger partial charge in [0, 0.05) is 68.7 Å². The van der Waals surface area contributed by atoms with Crippen molar-refractivity contribution in [3.8, 4) is 0 Å². The van der Waals surface area contributed by atoms with Gasteiger partial charge in [0.25, 0.3) is 0 Å². The van der Waals surface area contributed by atoms with Crippen LogP contribution >= 0.6 is 0 Å². The number of carbonyl (C=O) groups is 1. The molecule has 2 unspecified atom stereocenters. The molecule has 2 aromatic rings. The molecule has 2 aliphatic heterocycles. The molecule has 168 valence electrons. The molecule has 1 aliphatic carbocycles. The van der Waals surface area contributed by atoms with Crippen molar-refractivity contribution in [2.24, 2.45) is 11.3 Å². The summed E-state index contributed by atoms with van der Waals surface area (Å²) in [5.74, 6) is 1.25. The Labute approximate surface area is 185 Å². The molecule has 1 spiro atoms. The smallest absolute Gasteiger partial charge is 0.230 e. The summed E-state index contributed by atoms with van der Waals surface area (Å²) in [5.41, 5.74) is 1.97. The van der Waals surface area contributed by atoms with Crippen LogP contribution in [-0.2, 0) is 11.3 Å². The summed E-state index contributed by atoms with van der Waals surface area (Å²) in [6, 6.07) is 0.737. The molecule has 2 atom stereocenters. The summed E-state index contributed by atoms with van der Waals surface area (Å²) >= 11 is 0. The number of amides is 1. The third-order valence-corrected chi connectivity index (χ3v) is 7.50. The maximum atomic E-state index is 13.8. The number of likely N-dealkylation sites (tertiary alicyclic amines) is 2. The van der Waals surface area contributed by atoms with Crippen LogP contribution in [0.5, 0.6) is 0 Å². The van der Waals surface area contributed by atoms with E-state index < -0.39 is 0 Å². The van der Waals surface area contributed by atoms with Crippen molar-refractivity contribution < 1.29 is 4.79 Å². The number of nitrogens with zero attached hydrogens (tertiary/aromatic N) is 6. The molecule has 2 saturated heterocycles. The minimum absolute atomic E-state index is 0.157. The van der Waals surface area contributed by atoms with Gasteiger partial charge in [0.15, 0.2) is 0 Å². The van der Waals surface area contributed by atoms with Crippen molar-refractivity contribution in [1.82, 2.24) is 29.1 Å². The van der Waals surface area contributed by atoms with Gasteiger partial charge in [-0.2, -0.15) is 5.10 Å². The summed E-state index contributed by atoms with van der Waals surface area (Å²) < 4.78 is 4.18. The van der Waals surface area contributed by atoms with Gasteiger partial charge in [-0.05, 0) is 52.9 Å². The first-order valence-electron chi connectivity index (χ1n) is 11.9. The molecule has 0 bridgehead atoms. The van der Waals surface area contributed by atoms with Gasteiger partial charge in [0.1, 0.15) is 0 Å². The molecule has 5 rings (SSSR count). The van der Waals surface area contributed by atoms with Gasteiger partial charge in [0.2, 0.25) is 5.91 Å². The van der Waals surface area contributed by atoms with Crippen LogP contribution in [0.15, 0.2) is 24.9 Å². The predicted octanol–water partition coefficient (Wildman–Crippen LogP) is 3.47. The Bertz CT molecular complexity index is 942. The number of imidazole rings is 1. The lowest BCUT2D eigenvalue weighted by atomic mass is 9.75. The lowest BCUT2D eigenvalue weighted by molar-refractivity contribution is -0.136. The summed E-state index contributed by atoms with van der Waals surface area (Å²) in [6.07, 6.45) is 11.7. The monoisotopic (exact) mass is 424 g/mol. The van der Waals surface area contributed by atoms with Crippen LogP contribution in [0, 0.1) is 11.3 Å². The first-order chi connectivity index (χ1) is 14.9. The summed E-state index contributed by atoms with van der Waals surface area (Å²) in [4.78, 5) is 23.2. The van der Waals surface area contributed by atoms with E-state index in [0.29, 0.717) is 18.0 Å². The Morgan fingerprint density at radius 3 is 2.61 bits per heavy atom. The zero-order valence-electron chi connectivity index (χ0n) is 19.4. The average molecular weight is 425 g/mol. The van der Waals surface area contributed by atoms with E-state index in [1.165, 1.54) is 18.4 Å². The zero-order valence-corrected chi connectivity index (χ0v) is 19.4. The van der Waals surface area contributed by atoms with Crippen LogP contribution in [0.3, 0.4) is 0 Å². The van der Waals surface area contributed by atoms with Gasteiger partial charge in [-0.25, -0.2) is 4.98 Å². The fraction of sp³-hybridized carbons (Fsp3) is 0.708. The van der Waals surface area contributed by atoms with Crippen LogP contribution in [-0.4, -0.2) is 61.2 Å². The number of rotatable bonds is 7. The Hall–Kier alpha value is -2.15. The van der Waals surface area contributed by atoms with E-state index in [1.807, 2.05) is 17.2 Å². The molecule has 0 radical (unpaired) electrons. The Morgan fingerprint density at radius 2 is 1.97 bits per heavy atom. The fourth-order valence-corrected chi connectivity index (χ4v) is 5.43. The van der Waals surface area contributed by atoms with E-state index in [4.69, 9.17) is 4.98 Å². The third kappa shape index (κ3) is 3.81. The maximum Gasteiger partial charge on any atom is 0.230 e. The average Bonchev–Trinajstić information content (AvgIpc) is 3.11. The number of hydrogen-bond donors (Lipinski definition) is 0. The Morgan fingerprint density at radius 1 is 1.16 bits per heavy atom. The quantitative estimate of drug-likeness (QED) is 0.683. The van der Waals surface area contributed by atoms with Crippen molar-refractivity contribution in [2.45, 2.75) is 71.5 Å². The predicted molar refractivity (Wildman–Crippen MR) is 120 cm³/mol. The second kappa shape index (κ2) is 7.76. The van der Waals surface area contributed by atoms with Gasteiger partial charge >= 0.3 is 0 Å². The van der Waals surface area contributed by atoms with E-state index in [-0.39, 0.29) is 11.3 Å². The van der Waals surface area contributed by atoms with Crippen LogP contribution in [0.2, 0.25) is 0 Å². The molecular formula is C24H36N6O. The molecule has 0 aromatic carbocycles. The highest BCUT2D eigenvalue weighted by Crippen LogP contribution is 2.50. The second-order valence-electron chi connectivity index (χ2n) is 10.6. The normalized spacial score (nSPS) is 27.0. The highest BCUT2D eigenvalue weighted by Gasteiger charge is 2.58. The number of aromatic nitrogens is 4. The summed E-state index contributed by atoms with van der Waals surface area (Å²) in [7, 11) is 0. The van der Waals surface area contributed by atoms with Crippen LogP contribution < -0.4 is 0 Å². The van der Waals surface area contributed by atoms with Crippen LogP contribution in [0.4, 0.5) is 0 Å². The molecule has 0 N–H and O–H groups in total. The van der Waals surface area contributed by atoms with E-state index in [2.05, 4.69) is 59.6 Å². The second-order valence-corrected chi connectivity index (χ2v) is 10.6. The van der Waals surface area contributed by atoms with Gasteiger partial charge in [-0.1, -0.05) is 0 Å². The van der Waals surface area contributed by atoms with Crippen molar-refractivity contribution in [3.63, 3.8) is 0 Å². The van der Waals surface area contributed by atoms with E-state index >= 15 is 0 Å². The Kier molecular flexibility index (Phi) is 5.19. The first-order valence-corrected chi connectivity index (χ1v) is 11.9. The van der Waals surface area contributed by atoms with E-state index in [1.54, 1.807) is 0 Å². The van der Waals surface area contributed by atoms with E-state index in [9.17, 15) is 4.79 Å². The highest BCUT2D eigenvalue weighted by molar-refractivity contribution is 5.87. The van der Waals surface area contributed by atoms with Crippen molar-refractivity contribution in [1.29, 1.82) is 0 Å². The van der Waals surface area contributed by atoms with Crippen molar-refractivity contribution in [3.05, 3.63) is 36.2 Å². The fourth-order valence-electron chi connectivity index (χ4n) is 5.43. The van der Waals surface area contributed by atoms with Gasteiger partial charge < -0.3 is 9.47 Å². The molecule has 1 saturated carbocycles. The molecule has 2 aromatic heterocycles. The number of carbonyl (C=O) groups excluding carboxylic acids is 1. The molecule has 7 nitrogen and oxygen atoms in total. The van der Waals surface area contributed by atoms with Crippen LogP contribution in [0.25, 0.3) is 0 Å². The lowest BCUT2D eigenvalue weighted by Gasteiger charge is -2.28. The van der Waals surface area contributed by atoms with Gasteiger partial charge in [-0.3, -0.25) is 14.4 Å². The molecule has 7 heteroatoms. The van der Waals surface area contributed by atoms with E-state index in [0.717, 1.165) is 50.8 Å². The highest BCUT2D eigenvalue weighted by atomic mass is 16.2. The largest absolute Gasteiger partial charge is 0.342 e. The standard InChI is InChI=1S/C24H36N6O/c1-17(2)29-14-22(25-16-29)21-13-27(10-20-9-26-30(12-20)18(3)4)15-24(21)7-8-28(23(24)31)11-19-5-6-19/h9,12,14,16-19,21H,5-8,10-11,13,15H2,1-4H3. The molecule has 3 fully saturated rings. The topological polar surface area (TPSA) is 59.2 Å². The molecule has 31 heavy (non-hydrogen) atoms. The lowest BCUT2D eigenvalue weighted by Crippen LogP contribution is -2.40. The Balaban J connectivity index is 1.40. The molecular weight excluding hydrogens is 388 g/mol. The van der Waals surface area contributed by atoms with Gasteiger partial charge in [0.05, 0.1) is 23.6 Å². The first kappa shape index (κ1) is 20.7. The summed E-state index contributed by atoms with van der Waals surface area (Å²) in [5, 5.41) is 4.51.